The second-order valence-corrected chi connectivity index (χ2v) is 2.43. The molecule has 0 spiro atoms. The Morgan fingerprint density at radius 2 is 2.18 bits per heavy atom. The van der Waals surface area contributed by atoms with Crippen molar-refractivity contribution in [2.75, 3.05) is 26.9 Å². The SMILES string of the molecule is CCC(COC)OCCCO. The molecule has 0 saturated heterocycles. The largest absolute Gasteiger partial charge is 0.396 e. The number of aliphatic hydroxyl groups excluding tert-OH is 1. The molecular weight excluding hydrogens is 144 g/mol. The number of hydrogen-bond donors (Lipinski definition) is 1. The Labute approximate surface area is 68.3 Å². The maximum absolute atomic E-state index is 8.47. The van der Waals surface area contributed by atoms with Crippen LogP contribution in [0.4, 0.5) is 0 Å². The van der Waals surface area contributed by atoms with Gasteiger partial charge in [0.25, 0.3) is 0 Å². The lowest BCUT2D eigenvalue weighted by atomic mass is 10.3. The molecule has 3 heteroatoms. The molecule has 1 unspecified atom stereocenters. The van der Waals surface area contributed by atoms with Gasteiger partial charge in [-0.15, -0.1) is 0 Å². The highest BCUT2D eigenvalue weighted by Crippen LogP contribution is 1.98. The van der Waals surface area contributed by atoms with Crippen molar-refractivity contribution >= 4 is 0 Å². The second kappa shape index (κ2) is 7.98. The summed E-state index contributed by atoms with van der Waals surface area (Å²) >= 11 is 0. The summed E-state index contributed by atoms with van der Waals surface area (Å²) in [6, 6.07) is 0. The summed E-state index contributed by atoms with van der Waals surface area (Å²) in [5, 5.41) is 8.47. The van der Waals surface area contributed by atoms with Crippen molar-refractivity contribution in [2.24, 2.45) is 0 Å². The fourth-order valence-electron chi connectivity index (χ4n) is 0.784. The monoisotopic (exact) mass is 162 g/mol. The maximum Gasteiger partial charge on any atom is 0.0805 e. The molecule has 1 N–H and O–H groups in total. The van der Waals surface area contributed by atoms with Crippen LogP contribution in [0.3, 0.4) is 0 Å². The molecule has 0 heterocycles. The third-order valence-electron chi connectivity index (χ3n) is 1.46. The van der Waals surface area contributed by atoms with Crippen LogP contribution in [0.25, 0.3) is 0 Å². The van der Waals surface area contributed by atoms with Crippen LogP contribution in [0.15, 0.2) is 0 Å². The molecule has 0 rings (SSSR count). The lowest BCUT2D eigenvalue weighted by Crippen LogP contribution is -2.18. The van der Waals surface area contributed by atoms with Gasteiger partial charge in [0.1, 0.15) is 0 Å². The van der Waals surface area contributed by atoms with Crippen LogP contribution in [0.2, 0.25) is 0 Å². The van der Waals surface area contributed by atoms with Gasteiger partial charge in [-0.25, -0.2) is 0 Å². The van der Waals surface area contributed by atoms with Crippen molar-refractivity contribution in [2.45, 2.75) is 25.9 Å². The predicted molar refractivity (Wildman–Crippen MR) is 43.6 cm³/mol. The van der Waals surface area contributed by atoms with E-state index in [0.29, 0.717) is 19.6 Å². The molecule has 0 aromatic heterocycles. The fraction of sp³-hybridized carbons (Fsp3) is 1.00. The van der Waals surface area contributed by atoms with Gasteiger partial charge in [-0.2, -0.15) is 0 Å². The van der Waals surface area contributed by atoms with Crippen molar-refractivity contribution in [3.05, 3.63) is 0 Å². The van der Waals surface area contributed by atoms with E-state index in [9.17, 15) is 0 Å². The minimum Gasteiger partial charge on any atom is -0.396 e. The molecule has 0 bridgehead atoms. The molecule has 0 aliphatic heterocycles. The molecule has 0 amide bonds. The van der Waals surface area contributed by atoms with E-state index in [1.807, 2.05) is 0 Å². The van der Waals surface area contributed by atoms with Crippen LogP contribution in [-0.4, -0.2) is 38.1 Å². The van der Waals surface area contributed by atoms with Gasteiger partial charge in [0.2, 0.25) is 0 Å². The zero-order chi connectivity index (χ0) is 8.53. The van der Waals surface area contributed by atoms with E-state index in [1.54, 1.807) is 7.11 Å². The van der Waals surface area contributed by atoms with Gasteiger partial charge in [-0.3, -0.25) is 0 Å². The number of methoxy groups -OCH3 is 1. The van der Waals surface area contributed by atoms with Crippen molar-refractivity contribution in [1.29, 1.82) is 0 Å². The molecule has 0 aromatic carbocycles. The summed E-state index contributed by atoms with van der Waals surface area (Å²) < 4.78 is 10.3. The summed E-state index contributed by atoms with van der Waals surface area (Å²) in [5.74, 6) is 0. The lowest BCUT2D eigenvalue weighted by Gasteiger charge is -2.14. The van der Waals surface area contributed by atoms with Crippen LogP contribution in [0, 0.1) is 0 Å². The first-order chi connectivity index (χ1) is 5.35. The standard InChI is InChI=1S/C8H18O3/c1-3-8(7-10-2)11-6-4-5-9/h8-9H,3-7H2,1-2H3. The average Bonchev–Trinajstić information content (AvgIpc) is 2.03. The van der Waals surface area contributed by atoms with E-state index < -0.39 is 0 Å². The Morgan fingerprint density at radius 3 is 2.64 bits per heavy atom. The molecule has 0 aliphatic rings. The Morgan fingerprint density at radius 1 is 1.45 bits per heavy atom. The lowest BCUT2D eigenvalue weighted by molar-refractivity contribution is -0.00809. The van der Waals surface area contributed by atoms with Crippen molar-refractivity contribution in [1.82, 2.24) is 0 Å². The van der Waals surface area contributed by atoms with Crippen LogP contribution in [0.5, 0.6) is 0 Å². The van der Waals surface area contributed by atoms with Gasteiger partial charge in [0.15, 0.2) is 0 Å². The molecule has 0 radical (unpaired) electrons. The van der Waals surface area contributed by atoms with Gasteiger partial charge in [-0.05, 0) is 12.8 Å². The minimum absolute atomic E-state index is 0.187. The molecular formula is C8H18O3. The summed E-state index contributed by atoms with van der Waals surface area (Å²) in [4.78, 5) is 0. The first-order valence-corrected chi connectivity index (χ1v) is 4.06. The molecule has 0 saturated carbocycles. The van der Waals surface area contributed by atoms with Gasteiger partial charge in [0.05, 0.1) is 12.7 Å². The number of rotatable bonds is 7. The van der Waals surface area contributed by atoms with E-state index in [2.05, 4.69) is 6.92 Å². The summed E-state index contributed by atoms with van der Waals surface area (Å²) in [6.07, 6.45) is 1.85. The normalized spacial score (nSPS) is 13.4. The van der Waals surface area contributed by atoms with E-state index in [-0.39, 0.29) is 12.7 Å². The van der Waals surface area contributed by atoms with Gasteiger partial charge in [-0.1, -0.05) is 6.92 Å². The van der Waals surface area contributed by atoms with Crippen LogP contribution in [0.1, 0.15) is 19.8 Å². The topological polar surface area (TPSA) is 38.7 Å². The highest BCUT2D eigenvalue weighted by atomic mass is 16.5. The zero-order valence-electron chi connectivity index (χ0n) is 7.38. The molecule has 11 heavy (non-hydrogen) atoms. The molecule has 0 aliphatic carbocycles. The smallest absolute Gasteiger partial charge is 0.0805 e. The highest BCUT2D eigenvalue weighted by Gasteiger charge is 2.04. The minimum atomic E-state index is 0.187. The van der Waals surface area contributed by atoms with Gasteiger partial charge in [0, 0.05) is 20.3 Å². The Bertz CT molecular complexity index is 75.7. The Balaban J connectivity index is 3.20. The van der Waals surface area contributed by atoms with Gasteiger partial charge < -0.3 is 14.6 Å². The van der Waals surface area contributed by atoms with E-state index in [0.717, 1.165) is 6.42 Å². The van der Waals surface area contributed by atoms with Gasteiger partial charge >= 0.3 is 0 Å². The van der Waals surface area contributed by atoms with Crippen molar-refractivity contribution < 1.29 is 14.6 Å². The third-order valence-corrected chi connectivity index (χ3v) is 1.46. The number of aliphatic hydroxyl groups is 1. The maximum atomic E-state index is 8.47. The summed E-state index contributed by atoms with van der Waals surface area (Å²) in [6.45, 7) is 3.52. The van der Waals surface area contributed by atoms with Crippen LogP contribution >= 0.6 is 0 Å². The summed E-state index contributed by atoms with van der Waals surface area (Å²) in [7, 11) is 1.66. The summed E-state index contributed by atoms with van der Waals surface area (Å²) in [5.41, 5.74) is 0. The molecule has 68 valence electrons. The highest BCUT2D eigenvalue weighted by molar-refractivity contribution is 4.52. The first-order valence-electron chi connectivity index (χ1n) is 4.06. The van der Waals surface area contributed by atoms with Crippen molar-refractivity contribution in [3.63, 3.8) is 0 Å². The first kappa shape index (κ1) is 10.9. The molecule has 0 fully saturated rings. The van der Waals surface area contributed by atoms with Crippen LogP contribution < -0.4 is 0 Å². The van der Waals surface area contributed by atoms with E-state index in [4.69, 9.17) is 14.6 Å². The Hall–Kier alpha value is -0.120. The molecule has 1 atom stereocenters. The molecule has 0 aromatic rings. The average molecular weight is 162 g/mol. The van der Waals surface area contributed by atoms with Crippen LogP contribution in [-0.2, 0) is 9.47 Å². The van der Waals surface area contributed by atoms with Crippen molar-refractivity contribution in [3.8, 4) is 0 Å². The fourth-order valence-corrected chi connectivity index (χ4v) is 0.784. The third kappa shape index (κ3) is 6.28. The molecule has 3 nitrogen and oxygen atoms in total. The zero-order valence-corrected chi connectivity index (χ0v) is 7.38. The number of ether oxygens (including phenoxy) is 2. The number of hydrogen-bond acceptors (Lipinski definition) is 3. The quantitative estimate of drug-likeness (QED) is 0.563. The second-order valence-electron chi connectivity index (χ2n) is 2.43. The predicted octanol–water partition coefficient (Wildman–Crippen LogP) is 0.810. The van der Waals surface area contributed by atoms with E-state index in [1.165, 1.54) is 0 Å². The van der Waals surface area contributed by atoms with E-state index >= 15 is 0 Å². The Kier molecular flexibility index (Phi) is 7.89.